The van der Waals surface area contributed by atoms with Gasteiger partial charge in [-0.3, -0.25) is 4.79 Å². The van der Waals surface area contributed by atoms with Gasteiger partial charge >= 0.3 is 6.03 Å². The third-order valence-corrected chi connectivity index (χ3v) is 3.88. The molecule has 3 aromatic rings. The Bertz CT molecular complexity index is 993. The number of rotatable bonds is 4. The lowest BCUT2D eigenvalue weighted by Crippen LogP contribution is -2.19. The molecule has 26 heavy (non-hydrogen) atoms. The summed E-state index contributed by atoms with van der Waals surface area (Å²) in [7, 11) is 0. The number of primary amides is 1. The quantitative estimate of drug-likeness (QED) is 0.669. The van der Waals surface area contributed by atoms with Crippen LogP contribution in [-0.4, -0.2) is 26.7 Å². The minimum Gasteiger partial charge on any atom is -0.351 e. The Balaban J connectivity index is 1.88. The van der Waals surface area contributed by atoms with Crippen LogP contribution >= 0.6 is 0 Å². The molecule has 0 aliphatic heterocycles. The zero-order valence-corrected chi connectivity index (χ0v) is 14.8. The van der Waals surface area contributed by atoms with Gasteiger partial charge in [-0.05, 0) is 45.0 Å². The third-order valence-electron chi connectivity index (χ3n) is 3.88. The molecule has 2 aromatic heterocycles. The zero-order chi connectivity index (χ0) is 18.8. The average Bonchev–Trinajstić information content (AvgIpc) is 2.96. The SMILES string of the molecule is Cc1nc2c(cnn2C(C)C)cc1C(=O)Nc1cccc(NC(N)=O)c1. The summed E-state index contributed by atoms with van der Waals surface area (Å²) in [6.07, 6.45) is 1.70. The molecule has 134 valence electrons. The molecule has 0 saturated carbocycles. The van der Waals surface area contributed by atoms with Crippen molar-refractivity contribution in [2.75, 3.05) is 10.6 Å². The van der Waals surface area contributed by atoms with Crippen LogP contribution in [0.2, 0.25) is 0 Å². The van der Waals surface area contributed by atoms with E-state index in [4.69, 9.17) is 5.73 Å². The van der Waals surface area contributed by atoms with Crippen LogP contribution in [0.25, 0.3) is 11.0 Å². The topological polar surface area (TPSA) is 115 Å². The molecule has 0 unspecified atom stereocenters. The van der Waals surface area contributed by atoms with Gasteiger partial charge in [-0.1, -0.05) is 6.07 Å². The Morgan fingerprint density at radius 3 is 2.50 bits per heavy atom. The molecule has 2 heterocycles. The summed E-state index contributed by atoms with van der Waals surface area (Å²) in [4.78, 5) is 28.2. The fraction of sp³-hybridized carbons (Fsp3) is 0.222. The number of carbonyl (C=O) groups excluding carboxylic acids is 2. The molecule has 0 saturated heterocycles. The van der Waals surface area contributed by atoms with Gasteiger partial charge in [0.1, 0.15) is 0 Å². The Morgan fingerprint density at radius 1 is 1.15 bits per heavy atom. The molecule has 0 atom stereocenters. The van der Waals surface area contributed by atoms with E-state index < -0.39 is 6.03 Å². The van der Waals surface area contributed by atoms with Crippen molar-refractivity contribution >= 4 is 34.3 Å². The molecular formula is C18H20N6O2. The van der Waals surface area contributed by atoms with Crippen molar-refractivity contribution in [3.8, 4) is 0 Å². The van der Waals surface area contributed by atoms with Gasteiger partial charge in [0.05, 0.1) is 17.5 Å². The summed E-state index contributed by atoms with van der Waals surface area (Å²) in [5, 5.41) is 10.4. The molecule has 0 spiro atoms. The molecule has 1 aromatic carbocycles. The predicted molar refractivity (Wildman–Crippen MR) is 100 cm³/mol. The predicted octanol–water partition coefficient (Wildman–Crippen LogP) is 3.06. The first-order valence-corrected chi connectivity index (χ1v) is 8.18. The number of benzene rings is 1. The number of carbonyl (C=O) groups is 2. The van der Waals surface area contributed by atoms with Crippen molar-refractivity contribution in [1.29, 1.82) is 0 Å². The maximum Gasteiger partial charge on any atom is 0.316 e. The Labute approximate surface area is 150 Å². The summed E-state index contributed by atoms with van der Waals surface area (Å²) in [5.41, 5.74) is 7.98. The number of aromatic nitrogens is 3. The van der Waals surface area contributed by atoms with Crippen molar-refractivity contribution in [2.24, 2.45) is 5.73 Å². The molecular weight excluding hydrogens is 332 g/mol. The smallest absolute Gasteiger partial charge is 0.316 e. The Morgan fingerprint density at radius 2 is 1.85 bits per heavy atom. The first kappa shape index (κ1) is 17.4. The van der Waals surface area contributed by atoms with Crippen molar-refractivity contribution in [3.05, 3.63) is 47.8 Å². The first-order valence-electron chi connectivity index (χ1n) is 8.18. The second-order valence-electron chi connectivity index (χ2n) is 6.24. The van der Waals surface area contributed by atoms with Crippen LogP contribution in [-0.2, 0) is 0 Å². The highest BCUT2D eigenvalue weighted by molar-refractivity contribution is 6.07. The molecule has 4 N–H and O–H groups in total. The molecule has 3 amide bonds. The number of anilines is 2. The summed E-state index contributed by atoms with van der Waals surface area (Å²) in [5.74, 6) is -0.287. The molecule has 8 nitrogen and oxygen atoms in total. The standard InChI is InChI=1S/C18H20N6O2/c1-10(2)24-16-12(9-20-24)7-15(11(3)21-16)17(25)22-13-5-4-6-14(8-13)23-18(19)26/h4-10H,1-3H3,(H,22,25)(H3,19,23,26). The fourth-order valence-electron chi connectivity index (χ4n) is 2.69. The van der Waals surface area contributed by atoms with Crippen LogP contribution in [0.1, 0.15) is 35.9 Å². The van der Waals surface area contributed by atoms with Gasteiger partial charge in [0.25, 0.3) is 5.91 Å². The number of hydrogen-bond acceptors (Lipinski definition) is 4. The third kappa shape index (κ3) is 3.49. The summed E-state index contributed by atoms with van der Waals surface area (Å²) >= 11 is 0. The summed E-state index contributed by atoms with van der Waals surface area (Å²) < 4.78 is 1.82. The van der Waals surface area contributed by atoms with E-state index in [0.29, 0.717) is 22.6 Å². The molecule has 0 bridgehead atoms. The maximum absolute atomic E-state index is 12.7. The number of hydrogen-bond donors (Lipinski definition) is 3. The number of amides is 3. The lowest BCUT2D eigenvalue weighted by Gasteiger charge is -2.10. The monoisotopic (exact) mass is 352 g/mol. The lowest BCUT2D eigenvalue weighted by atomic mass is 10.1. The highest BCUT2D eigenvalue weighted by Gasteiger charge is 2.15. The number of nitrogens with zero attached hydrogens (tertiary/aromatic N) is 3. The van der Waals surface area contributed by atoms with E-state index in [2.05, 4.69) is 20.7 Å². The van der Waals surface area contributed by atoms with E-state index in [1.165, 1.54) is 0 Å². The number of nitrogens with one attached hydrogen (secondary N) is 2. The molecule has 0 fully saturated rings. The van der Waals surface area contributed by atoms with E-state index in [1.807, 2.05) is 18.5 Å². The van der Waals surface area contributed by atoms with Crippen LogP contribution in [0.3, 0.4) is 0 Å². The van der Waals surface area contributed by atoms with E-state index in [1.54, 1.807) is 43.5 Å². The molecule has 3 rings (SSSR count). The van der Waals surface area contributed by atoms with Gasteiger partial charge in [-0.15, -0.1) is 0 Å². The molecule has 8 heteroatoms. The normalized spacial score (nSPS) is 10.9. The van der Waals surface area contributed by atoms with Gasteiger partial charge in [0, 0.05) is 22.8 Å². The highest BCUT2D eigenvalue weighted by atomic mass is 16.2. The van der Waals surface area contributed by atoms with Gasteiger partial charge in [0.2, 0.25) is 0 Å². The number of urea groups is 1. The van der Waals surface area contributed by atoms with E-state index in [-0.39, 0.29) is 11.9 Å². The largest absolute Gasteiger partial charge is 0.351 e. The van der Waals surface area contributed by atoms with Crippen molar-refractivity contribution in [2.45, 2.75) is 26.8 Å². The molecule has 0 aliphatic carbocycles. The van der Waals surface area contributed by atoms with Crippen LogP contribution in [0, 0.1) is 6.92 Å². The number of pyridine rings is 1. The van der Waals surface area contributed by atoms with Crippen LogP contribution in [0.15, 0.2) is 36.5 Å². The van der Waals surface area contributed by atoms with Crippen molar-refractivity contribution in [3.63, 3.8) is 0 Å². The second kappa shape index (κ2) is 6.83. The van der Waals surface area contributed by atoms with E-state index in [0.717, 1.165) is 11.0 Å². The maximum atomic E-state index is 12.7. The van der Waals surface area contributed by atoms with E-state index >= 15 is 0 Å². The highest BCUT2D eigenvalue weighted by Crippen LogP contribution is 2.21. The number of fused-ring (bicyclic) bond motifs is 1. The number of nitrogens with two attached hydrogens (primary N) is 1. The fourth-order valence-corrected chi connectivity index (χ4v) is 2.69. The summed E-state index contributed by atoms with van der Waals surface area (Å²) in [6, 6.07) is 8.04. The minimum atomic E-state index is -0.666. The summed E-state index contributed by atoms with van der Waals surface area (Å²) in [6.45, 7) is 5.84. The van der Waals surface area contributed by atoms with Crippen molar-refractivity contribution < 1.29 is 9.59 Å². The van der Waals surface area contributed by atoms with E-state index in [9.17, 15) is 9.59 Å². The first-order chi connectivity index (χ1) is 12.3. The van der Waals surface area contributed by atoms with Crippen molar-refractivity contribution in [1.82, 2.24) is 14.8 Å². The van der Waals surface area contributed by atoms with Gasteiger partial charge in [0.15, 0.2) is 5.65 Å². The minimum absolute atomic E-state index is 0.180. The number of aryl methyl sites for hydroxylation is 1. The average molecular weight is 352 g/mol. The van der Waals surface area contributed by atoms with Gasteiger partial charge < -0.3 is 16.4 Å². The molecule has 0 radical (unpaired) electrons. The second-order valence-corrected chi connectivity index (χ2v) is 6.24. The van der Waals surface area contributed by atoms with Gasteiger partial charge in [-0.2, -0.15) is 5.10 Å². The molecule has 0 aliphatic rings. The van der Waals surface area contributed by atoms with Crippen LogP contribution < -0.4 is 16.4 Å². The Kier molecular flexibility index (Phi) is 4.57. The zero-order valence-electron chi connectivity index (χ0n) is 14.8. The lowest BCUT2D eigenvalue weighted by molar-refractivity contribution is 0.102. The van der Waals surface area contributed by atoms with Crippen LogP contribution in [0.5, 0.6) is 0 Å². The van der Waals surface area contributed by atoms with Crippen LogP contribution in [0.4, 0.5) is 16.2 Å². The van der Waals surface area contributed by atoms with Gasteiger partial charge in [-0.25, -0.2) is 14.5 Å². The Hall–Kier alpha value is -3.42.